The summed E-state index contributed by atoms with van der Waals surface area (Å²) in [4.78, 5) is 24.3. The van der Waals surface area contributed by atoms with E-state index in [4.69, 9.17) is 0 Å². The molecule has 0 spiro atoms. The standard InChI is InChI=1S/C25H21F3N4O2S/c26-13-8-14-15(10-29-21(14)16(27)9-13)23-31-22(17-2-1-7-35-17)19(28)24(32-23)30-20-12-5-3-11(4-6-12)18(20)25(33)34/h1-2,7-12,18,20,29H,3-6H2,(H,33,34)(H,30,31,32)/t11?,12?,18-,20-/m1/s1. The first kappa shape index (κ1) is 22.1. The lowest BCUT2D eigenvalue weighted by molar-refractivity contribution is -0.148. The molecule has 3 heterocycles. The highest BCUT2D eigenvalue weighted by Crippen LogP contribution is 2.47. The molecule has 6 nitrogen and oxygen atoms in total. The topological polar surface area (TPSA) is 90.9 Å². The van der Waals surface area contributed by atoms with Gasteiger partial charge in [0.2, 0.25) is 0 Å². The molecule has 3 aliphatic carbocycles. The van der Waals surface area contributed by atoms with Crippen molar-refractivity contribution in [2.45, 2.75) is 31.7 Å². The highest BCUT2D eigenvalue weighted by atomic mass is 32.1. The molecule has 2 atom stereocenters. The van der Waals surface area contributed by atoms with E-state index in [1.165, 1.54) is 23.6 Å². The van der Waals surface area contributed by atoms with Gasteiger partial charge in [0, 0.05) is 29.3 Å². The van der Waals surface area contributed by atoms with Gasteiger partial charge in [0.1, 0.15) is 17.3 Å². The van der Waals surface area contributed by atoms with Crippen LogP contribution in [0.3, 0.4) is 0 Å². The van der Waals surface area contributed by atoms with Crippen LogP contribution in [0.25, 0.3) is 32.9 Å². The fourth-order valence-corrected chi connectivity index (χ4v) is 6.46. The summed E-state index contributed by atoms with van der Waals surface area (Å²) in [5.74, 6) is -3.61. The number of aromatic nitrogens is 3. The van der Waals surface area contributed by atoms with Crippen LogP contribution in [-0.2, 0) is 4.79 Å². The van der Waals surface area contributed by atoms with Crippen LogP contribution in [0.4, 0.5) is 19.0 Å². The molecule has 0 radical (unpaired) electrons. The van der Waals surface area contributed by atoms with E-state index < -0.39 is 35.4 Å². The number of carboxylic acids is 1. The van der Waals surface area contributed by atoms with Gasteiger partial charge in [0.25, 0.3) is 0 Å². The fraction of sp³-hybridized carbons (Fsp3) is 0.320. The lowest BCUT2D eigenvalue weighted by atomic mass is 9.61. The zero-order valence-corrected chi connectivity index (χ0v) is 19.2. The third-order valence-corrected chi connectivity index (χ3v) is 8.24. The van der Waals surface area contributed by atoms with Gasteiger partial charge < -0.3 is 15.4 Å². The monoisotopic (exact) mass is 498 g/mol. The minimum Gasteiger partial charge on any atom is -0.481 e. The van der Waals surface area contributed by atoms with Crippen molar-refractivity contribution >= 4 is 34.0 Å². The van der Waals surface area contributed by atoms with Crippen LogP contribution >= 0.6 is 11.3 Å². The van der Waals surface area contributed by atoms with Gasteiger partial charge in [-0.2, -0.15) is 0 Å². The van der Waals surface area contributed by atoms with Gasteiger partial charge in [-0.05, 0) is 55.0 Å². The van der Waals surface area contributed by atoms with Crippen LogP contribution in [0.2, 0.25) is 0 Å². The van der Waals surface area contributed by atoms with Crippen molar-refractivity contribution in [1.29, 1.82) is 0 Å². The molecule has 0 amide bonds. The van der Waals surface area contributed by atoms with Crippen molar-refractivity contribution in [3.63, 3.8) is 0 Å². The van der Waals surface area contributed by atoms with Crippen molar-refractivity contribution in [1.82, 2.24) is 15.0 Å². The van der Waals surface area contributed by atoms with Crippen molar-refractivity contribution in [2.75, 3.05) is 5.32 Å². The molecule has 3 saturated carbocycles. The molecular weight excluding hydrogens is 477 g/mol. The largest absolute Gasteiger partial charge is 0.481 e. The minimum absolute atomic E-state index is 0.0377. The number of rotatable bonds is 5. The average Bonchev–Trinajstić information content (AvgIpc) is 3.51. The van der Waals surface area contributed by atoms with E-state index in [2.05, 4.69) is 20.3 Å². The van der Waals surface area contributed by atoms with Crippen LogP contribution in [0.1, 0.15) is 25.7 Å². The molecule has 4 aromatic rings. The zero-order chi connectivity index (χ0) is 24.3. The van der Waals surface area contributed by atoms with Gasteiger partial charge in [0.05, 0.1) is 16.3 Å². The quantitative estimate of drug-likeness (QED) is 0.311. The maximum Gasteiger partial charge on any atom is 0.308 e. The molecule has 35 heavy (non-hydrogen) atoms. The SMILES string of the molecule is O=C(O)[C@@H]1C2CCC(CC2)[C@H]1Nc1nc(-c2c[nH]c3c(F)cc(F)cc23)nc(-c2cccs2)c1F. The third-order valence-electron chi connectivity index (χ3n) is 7.36. The van der Waals surface area contributed by atoms with E-state index in [9.17, 15) is 18.7 Å². The van der Waals surface area contributed by atoms with Crippen LogP contribution in [0.15, 0.2) is 35.8 Å². The number of nitrogens with zero attached hydrogens (tertiary/aromatic N) is 2. The van der Waals surface area contributed by atoms with Gasteiger partial charge in [-0.25, -0.2) is 23.1 Å². The fourth-order valence-electron chi connectivity index (χ4n) is 5.75. The second kappa shape index (κ2) is 8.37. The number of aliphatic carboxylic acids is 1. The Kier molecular flexibility index (Phi) is 5.28. The summed E-state index contributed by atoms with van der Waals surface area (Å²) in [6.45, 7) is 0. The predicted molar refractivity (Wildman–Crippen MR) is 126 cm³/mol. The molecule has 3 N–H and O–H groups in total. The summed E-state index contributed by atoms with van der Waals surface area (Å²) in [6, 6.07) is 4.98. The lowest BCUT2D eigenvalue weighted by Gasteiger charge is -2.47. The van der Waals surface area contributed by atoms with Crippen molar-refractivity contribution < 1.29 is 23.1 Å². The number of fused-ring (bicyclic) bond motifs is 4. The number of anilines is 1. The summed E-state index contributed by atoms with van der Waals surface area (Å²) in [5.41, 5.74) is 0.461. The summed E-state index contributed by atoms with van der Waals surface area (Å²) in [7, 11) is 0. The van der Waals surface area contributed by atoms with Gasteiger partial charge in [-0.15, -0.1) is 11.3 Å². The van der Waals surface area contributed by atoms with Crippen molar-refractivity contribution in [3.8, 4) is 22.0 Å². The molecule has 3 fully saturated rings. The van der Waals surface area contributed by atoms with Crippen LogP contribution in [-0.4, -0.2) is 32.1 Å². The Morgan fingerprint density at radius 3 is 2.60 bits per heavy atom. The summed E-state index contributed by atoms with van der Waals surface area (Å²) < 4.78 is 44.1. The number of hydrogen-bond acceptors (Lipinski definition) is 5. The summed E-state index contributed by atoms with van der Waals surface area (Å²) in [6.07, 6.45) is 4.93. The van der Waals surface area contributed by atoms with Crippen LogP contribution in [0, 0.1) is 35.2 Å². The highest BCUT2D eigenvalue weighted by molar-refractivity contribution is 7.13. The number of H-pyrrole nitrogens is 1. The van der Waals surface area contributed by atoms with Crippen LogP contribution < -0.4 is 5.32 Å². The van der Waals surface area contributed by atoms with Gasteiger partial charge in [-0.3, -0.25) is 4.79 Å². The van der Waals surface area contributed by atoms with E-state index in [1.54, 1.807) is 17.5 Å². The van der Waals surface area contributed by atoms with Crippen molar-refractivity contribution in [3.05, 3.63) is 53.3 Å². The number of halogens is 3. The van der Waals surface area contributed by atoms with Crippen molar-refractivity contribution in [2.24, 2.45) is 17.8 Å². The molecular formula is C25H21F3N4O2S. The lowest BCUT2D eigenvalue weighted by Crippen LogP contribution is -2.51. The number of nitrogens with one attached hydrogen (secondary N) is 2. The third kappa shape index (κ3) is 3.67. The van der Waals surface area contributed by atoms with E-state index >= 15 is 4.39 Å². The van der Waals surface area contributed by atoms with E-state index in [0.29, 0.717) is 10.4 Å². The number of aromatic amines is 1. The molecule has 3 aromatic heterocycles. The zero-order valence-electron chi connectivity index (χ0n) is 18.4. The first-order valence-corrected chi connectivity index (χ1v) is 12.4. The number of thiophene rings is 1. The van der Waals surface area contributed by atoms with E-state index in [0.717, 1.165) is 31.7 Å². The Balaban J connectivity index is 1.50. The Hall–Kier alpha value is -3.40. The molecule has 7 rings (SSSR count). The molecule has 2 bridgehead atoms. The average molecular weight is 499 g/mol. The normalized spacial score (nSPS) is 23.6. The Morgan fingerprint density at radius 1 is 1.11 bits per heavy atom. The van der Waals surface area contributed by atoms with Crippen LogP contribution in [0.5, 0.6) is 0 Å². The molecule has 180 valence electrons. The summed E-state index contributed by atoms with van der Waals surface area (Å²) >= 11 is 1.30. The number of carboxylic acid groups (broad SMARTS) is 1. The molecule has 10 heteroatoms. The predicted octanol–water partition coefficient (Wildman–Crippen LogP) is 6.07. The maximum absolute atomic E-state index is 15.8. The Bertz CT molecular complexity index is 1430. The van der Waals surface area contributed by atoms with Gasteiger partial charge in [0.15, 0.2) is 17.5 Å². The molecule has 0 saturated heterocycles. The van der Waals surface area contributed by atoms with E-state index in [1.807, 2.05) is 0 Å². The first-order valence-electron chi connectivity index (χ1n) is 11.5. The number of carbonyl (C=O) groups is 1. The maximum atomic E-state index is 15.8. The Labute approximate surface area is 202 Å². The molecule has 1 aromatic carbocycles. The second-order valence-electron chi connectivity index (χ2n) is 9.26. The second-order valence-corrected chi connectivity index (χ2v) is 10.2. The van der Waals surface area contributed by atoms with Gasteiger partial charge in [-0.1, -0.05) is 6.07 Å². The number of benzene rings is 1. The minimum atomic E-state index is -0.896. The Morgan fingerprint density at radius 2 is 1.89 bits per heavy atom. The summed E-state index contributed by atoms with van der Waals surface area (Å²) in [5, 5.41) is 15.1. The number of hydrogen-bond donors (Lipinski definition) is 3. The van der Waals surface area contributed by atoms with E-state index in [-0.39, 0.29) is 40.1 Å². The molecule has 0 unspecified atom stereocenters. The first-order chi connectivity index (χ1) is 16.9. The highest BCUT2D eigenvalue weighted by Gasteiger charge is 2.47. The van der Waals surface area contributed by atoms with Gasteiger partial charge >= 0.3 is 5.97 Å². The smallest absolute Gasteiger partial charge is 0.308 e. The molecule has 3 aliphatic rings. The molecule has 0 aliphatic heterocycles.